The lowest BCUT2D eigenvalue weighted by atomic mass is 9.81. The van der Waals surface area contributed by atoms with Crippen LogP contribution in [-0.2, 0) is 30.0 Å². The molecule has 10 nitrogen and oxygen atoms in total. The Bertz CT molecular complexity index is 1840. The van der Waals surface area contributed by atoms with E-state index in [2.05, 4.69) is 123 Å². The number of nitrogens with zero attached hydrogens (tertiary/aromatic N) is 4. The van der Waals surface area contributed by atoms with Crippen LogP contribution in [0.4, 0.5) is 11.4 Å². The smallest absolute Gasteiger partial charge is 0.321 e. The summed E-state index contributed by atoms with van der Waals surface area (Å²) in [4.78, 5) is 52.5. The van der Waals surface area contributed by atoms with Crippen molar-refractivity contribution < 1.29 is 28.9 Å². The number of allylic oxidation sites excluding steroid dienone is 6. The zero-order chi connectivity index (χ0) is 37.8. The van der Waals surface area contributed by atoms with Gasteiger partial charge in [0.15, 0.2) is 5.71 Å². The summed E-state index contributed by atoms with van der Waals surface area (Å²) in [6, 6.07) is 15.9. The number of nitrogens with two attached hydrogens (primary N) is 1. The third-order valence-electron chi connectivity index (χ3n) is 10.4. The van der Waals surface area contributed by atoms with Gasteiger partial charge >= 0.3 is 5.97 Å². The molecule has 3 heterocycles. The lowest BCUT2D eigenvalue weighted by Crippen LogP contribution is -2.50. The van der Waals surface area contributed by atoms with Crippen LogP contribution in [0.1, 0.15) is 77.8 Å². The summed E-state index contributed by atoms with van der Waals surface area (Å²) in [5, 5.41) is 10.5. The van der Waals surface area contributed by atoms with Gasteiger partial charge in [-0.05, 0) is 51.3 Å². The molecule has 0 saturated carbocycles. The lowest BCUT2D eigenvalue weighted by Gasteiger charge is -2.29. The van der Waals surface area contributed by atoms with E-state index in [-0.39, 0.29) is 41.9 Å². The maximum atomic E-state index is 13.2. The SMILES string of the molecule is CCN(C(=O)CCCCCN1C(=CC=CC=CC2=[N+](C)c3ccccc3C2(C)C)C(C)(C)c2ccccc21)N1C(=O)CC(SCC(N)C(=O)O)C1=O. The van der Waals surface area contributed by atoms with E-state index in [1.807, 2.05) is 0 Å². The van der Waals surface area contributed by atoms with E-state index in [4.69, 9.17) is 10.8 Å². The van der Waals surface area contributed by atoms with Crippen molar-refractivity contribution in [2.24, 2.45) is 5.73 Å². The molecule has 3 aliphatic heterocycles. The second-order valence-electron chi connectivity index (χ2n) is 14.6. The molecule has 0 bridgehead atoms. The summed E-state index contributed by atoms with van der Waals surface area (Å²) in [6.45, 7) is 11.7. The minimum atomic E-state index is -1.17. The Morgan fingerprint density at radius 1 is 1.00 bits per heavy atom. The van der Waals surface area contributed by atoms with E-state index >= 15 is 0 Å². The van der Waals surface area contributed by atoms with E-state index in [0.717, 1.165) is 36.2 Å². The highest BCUT2D eigenvalue weighted by molar-refractivity contribution is 8.00. The number of aliphatic carboxylic acids is 1. The highest BCUT2D eigenvalue weighted by Crippen LogP contribution is 2.47. The molecule has 3 amide bonds. The number of rotatable bonds is 15. The van der Waals surface area contributed by atoms with Crippen LogP contribution >= 0.6 is 11.8 Å². The molecule has 0 radical (unpaired) electrons. The normalized spacial score (nSPS) is 20.4. The van der Waals surface area contributed by atoms with Crippen LogP contribution < -0.4 is 10.6 Å². The Kier molecular flexibility index (Phi) is 12.0. The summed E-state index contributed by atoms with van der Waals surface area (Å²) in [7, 11) is 2.12. The molecule has 2 atom stereocenters. The predicted molar refractivity (Wildman–Crippen MR) is 208 cm³/mol. The number of fused-ring (bicyclic) bond motifs is 2. The van der Waals surface area contributed by atoms with Crippen LogP contribution in [0.2, 0.25) is 0 Å². The van der Waals surface area contributed by atoms with E-state index in [0.29, 0.717) is 6.42 Å². The van der Waals surface area contributed by atoms with Gasteiger partial charge in [0.05, 0.1) is 10.7 Å². The van der Waals surface area contributed by atoms with E-state index in [9.17, 15) is 19.2 Å². The minimum Gasteiger partial charge on any atom is -0.480 e. The van der Waals surface area contributed by atoms with Crippen molar-refractivity contribution in [1.82, 2.24) is 10.0 Å². The first-order valence-electron chi connectivity index (χ1n) is 18.1. The van der Waals surface area contributed by atoms with Crippen LogP contribution in [0.15, 0.2) is 84.6 Å². The van der Waals surface area contributed by atoms with Gasteiger partial charge in [0.25, 0.3) is 5.91 Å². The van der Waals surface area contributed by atoms with Gasteiger partial charge in [-0.15, -0.1) is 11.8 Å². The molecule has 2 aromatic rings. The number of hydrogen-bond acceptors (Lipinski definition) is 7. The molecule has 11 heteroatoms. The van der Waals surface area contributed by atoms with Gasteiger partial charge in [-0.3, -0.25) is 19.2 Å². The van der Waals surface area contributed by atoms with E-state index < -0.39 is 29.1 Å². The Hall–Kier alpha value is -4.48. The van der Waals surface area contributed by atoms with Crippen LogP contribution in [-0.4, -0.2) is 86.3 Å². The summed E-state index contributed by atoms with van der Waals surface area (Å²) in [5.74, 6) is -2.40. The fourth-order valence-corrected chi connectivity index (χ4v) is 8.67. The van der Waals surface area contributed by atoms with Gasteiger partial charge in [0.1, 0.15) is 13.1 Å². The maximum Gasteiger partial charge on any atom is 0.321 e. The van der Waals surface area contributed by atoms with Crippen molar-refractivity contribution in [3.8, 4) is 0 Å². The van der Waals surface area contributed by atoms with E-state index in [1.54, 1.807) is 6.92 Å². The number of carboxylic acids is 1. The van der Waals surface area contributed by atoms with Crippen molar-refractivity contribution in [3.05, 3.63) is 95.7 Å². The van der Waals surface area contributed by atoms with Crippen LogP contribution in [0.3, 0.4) is 0 Å². The number of imide groups is 1. The molecule has 1 fully saturated rings. The molecule has 0 aliphatic carbocycles. The standard InChI is InChI=1S/C41H51N5O5S/c1-7-45(46-37(48)26-33(38(46)49)52-27-30(42)39(50)51)36(47)24-12-9-17-25-44-32-21-16-14-19-29(32)41(4,5)35(44)23-11-8-10-22-34-40(2,3)28-18-13-15-20-31(28)43(34)6/h8,10-11,13-16,18-23,30,33H,7,9,12,17,24-27,42H2,1-6H3/p+1. The van der Waals surface area contributed by atoms with Gasteiger partial charge in [-0.2, -0.15) is 9.58 Å². The first-order chi connectivity index (χ1) is 24.7. The topological polar surface area (TPSA) is 127 Å². The number of carbonyl (C=O) groups is 4. The van der Waals surface area contributed by atoms with Crippen molar-refractivity contribution in [2.45, 2.75) is 88.8 Å². The Morgan fingerprint density at radius 2 is 1.69 bits per heavy atom. The fourth-order valence-electron chi connectivity index (χ4n) is 7.59. The Labute approximate surface area is 311 Å². The van der Waals surface area contributed by atoms with Gasteiger partial charge < -0.3 is 15.7 Å². The number of hydrogen-bond donors (Lipinski definition) is 2. The van der Waals surface area contributed by atoms with Crippen molar-refractivity contribution >= 4 is 52.5 Å². The number of carboxylic acid groups (broad SMARTS) is 1. The zero-order valence-electron chi connectivity index (χ0n) is 31.2. The summed E-state index contributed by atoms with van der Waals surface area (Å²) >= 11 is 1.04. The molecule has 2 aromatic carbocycles. The molecule has 3 aliphatic rings. The second-order valence-corrected chi connectivity index (χ2v) is 15.8. The number of benzene rings is 2. The Balaban J connectivity index is 1.19. The third kappa shape index (κ3) is 7.66. The molecule has 3 N–H and O–H groups in total. The average Bonchev–Trinajstić information content (AvgIpc) is 3.59. The first-order valence-corrected chi connectivity index (χ1v) is 19.2. The highest BCUT2D eigenvalue weighted by atomic mass is 32.2. The Morgan fingerprint density at radius 3 is 2.38 bits per heavy atom. The molecule has 5 rings (SSSR count). The summed E-state index contributed by atoms with van der Waals surface area (Å²) in [5.41, 5.74) is 12.8. The molecular formula is C41H52N5O5S+. The van der Waals surface area contributed by atoms with E-state index in [1.165, 1.54) is 38.9 Å². The van der Waals surface area contributed by atoms with Crippen molar-refractivity contribution in [1.29, 1.82) is 0 Å². The summed E-state index contributed by atoms with van der Waals surface area (Å²) in [6.07, 6.45) is 13.1. The van der Waals surface area contributed by atoms with Gasteiger partial charge in [-0.25, -0.2) is 5.01 Å². The third-order valence-corrected chi connectivity index (χ3v) is 11.8. The number of unbranched alkanes of at least 4 members (excludes halogenated alkanes) is 2. The van der Waals surface area contributed by atoms with Gasteiger partial charge in [0.2, 0.25) is 17.5 Å². The number of anilines is 1. The van der Waals surface area contributed by atoms with Crippen LogP contribution in [0, 0.1) is 0 Å². The predicted octanol–water partition coefficient (Wildman–Crippen LogP) is 6.08. The maximum absolute atomic E-state index is 13.2. The van der Waals surface area contributed by atoms with Crippen molar-refractivity contribution in [2.75, 3.05) is 30.8 Å². The molecule has 2 unspecified atom stereocenters. The molecule has 0 spiro atoms. The zero-order valence-corrected chi connectivity index (χ0v) is 32.0. The van der Waals surface area contributed by atoms with Crippen molar-refractivity contribution in [3.63, 3.8) is 0 Å². The number of hydrazine groups is 1. The number of amides is 3. The summed E-state index contributed by atoms with van der Waals surface area (Å²) < 4.78 is 2.27. The first kappa shape index (κ1) is 38.7. The van der Waals surface area contributed by atoms with Gasteiger partial charge in [-0.1, -0.05) is 74.9 Å². The molecule has 1 saturated heterocycles. The monoisotopic (exact) mass is 726 g/mol. The average molecular weight is 727 g/mol. The largest absolute Gasteiger partial charge is 0.480 e. The number of para-hydroxylation sites is 2. The quantitative estimate of drug-likeness (QED) is 0.0979. The highest BCUT2D eigenvalue weighted by Gasteiger charge is 2.44. The fraction of sp³-hybridized carbons (Fsp3) is 0.439. The number of carbonyl (C=O) groups excluding carboxylic acids is 3. The molecule has 0 aromatic heterocycles. The second kappa shape index (κ2) is 16.0. The van der Waals surface area contributed by atoms with Gasteiger partial charge in [0, 0.05) is 66.2 Å². The number of thioether (sulfide) groups is 1. The van der Waals surface area contributed by atoms with Crippen LogP contribution in [0.25, 0.3) is 0 Å². The minimum absolute atomic E-state index is 0.00137. The molecule has 276 valence electrons. The van der Waals surface area contributed by atoms with Crippen LogP contribution in [0.5, 0.6) is 0 Å². The lowest BCUT2D eigenvalue weighted by molar-refractivity contribution is -0.401. The molecule has 52 heavy (non-hydrogen) atoms. The molecular weight excluding hydrogens is 675 g/mol.